The molecule has 39 heavy (non-hydrogen) atoms. The van der Waals surface area contributed by atoms with Crippen molar-refractivity contribution in [3.05, 3.63) is 119 Å². The smallest absolute Gasteiger partial charge is 0.272 e. The monoisotopic (exact) mass is 559 g/mol. The van der Waals surface area contributed by atoms with Gasteiger partial charge >= 0.3 is 0 Å². The maximum absolute atomic E-state index is 13.2. The summed E-state index contributed by atoms with van der Waals surface area (Å²) in [4.78, 5) is 39.5. The molecular weight excluding hydrogens is 534 g/mol. The first kappa shape index (κ1) is 27.8. The highest BCUT2D eigenvalue weighted by Gasteiger charge is 2.18. The summed E-state index contributed by atoms with van der Waals surface area (Å²) in [6, 6.07) is 24.4. The molecule has 0 bridgehead atoms. The molecule has 0 aliphatic carbocycles. The summed E-state index contributed by atoms with van der Waals surface area (Å²) in [5, 5.41) is 8.52. The number of halogens is 1. The number of anilines is 2. The van der Waals surface area contributed by atoms with Crippen molar-refractivity contribution in [1.82, 2.24) is 5.32 Å². The lowest BCUT2D eigenvalue weighted by atomic mass is 10.2. The Kier molecular flexibility index (Phi) is 9.25. The van der Waals surface area contributed by atoms with E-state index in [4.69, 9.17) is 16.0 Å². The van der Waals surface area contributed by atoms with Crippen molar-refractivity contribution in [3.63, 3.8) is 0 Å². The predicted octanol–water partition coefficient (Wildman–Crippen LogP) is 6.77. The van der Waals surface area contributed by atoms with Crippen LogP contribution in [-0.4, -0.2) is 23.0 Å². The largest absolute Gasteiger partial charge is 0.465 e. The Morgan fingerprint density at radius 2 is 1.72 bits per heavy atom. The van der Waals surface area contributed by atoms with E-state index in [0.717, 1.165) is 10.5 Å². The molecule has 0 spiro atoms. The van der Waals surface area contributed by atoms with E-state index in [9.17, 15) is 14.4 Å². The number of furan rings is 1. The van der Waals surface area contributed by atoms with E-state index in [1.807, 2.05) is 19.1 Å². The minimum atomic E-state index is -0.528. The number of thioether (sulfide) groups is 1. The summed E-state index contributed by atoms with van der Waals surface area (Å²) < 4.78 is 5.34. The Labute approximate surface area is 235 Å². The van der Waals surface area contributed by atoms with Gasteiger partial charge in [-0.1, -0.05) is 41.9 Å². The van der Waals surface area contributed by atoms with Crippen LogP contribution in [0.2, 0.25) is 5.02 Å². The summed E-state index contributed by atoms with van der Waals surface area (Å²) in [6.07, 6.45) is 2.94. The van der Waals surface area contributed by atoms with Crippen molar-refractivity contribution in [3.8, 4) is 0 Å². The molecule has 0 aliphatic rings. The fraction of sp³-hybridized carbons (Fsp3) is 0.100. The van der Waals surface area contributed by atoms with Gasteiger partial charge in [-0.2, -0.15) is 0 Å². The molecule has 0 saturated carbocycles. The highest BCUT2D eigenvalue weighted by atomic mass is 35.5. The number of aryl methyl sites for hydroxylation is 1. The van der Waals surface area contributed by atoms with Crippen LogP contribution in [0, 0.1) is 6.92 Å². The van der Waals surface area contributed by atoms with Gasteiger partial charge in [-0.25, -0.2) is 0 Å². The van der Waals surface area contributed by atoms with Gasteiger partial charge in [-0.3, -0.25) is 14.4 Å². The van der Waals surface area contributed by atoms with Crippen LogP contribution in [0.25, 0.3) is 6.08 Å². The van der Waals surface area contributed by atoms with Crippen molar-refractivity contribution in [2.24, 2.45) is 0 Å². The first-order valence-corrected chi connectivity index (χ1v) is 13.3. The van der Waals surface area contributed by atoms with Gasteiger partial charge in [0.25, 0.3) is 11.8 Å². The number of carbonyl (C=O) groups is 3. The average molecular weight is 560 g/mol. The van der Waals surface area contributed by atoms with Crippen LogP contribution < -0.4 is 16.0 Å². The molecule has 4 aromatic rings. The van der Waals surface area contributed by atoms with E-state index < -0.39 is 17.1 Å². The summed E-state index contributed by atoms with van der Waals surface area (Å²) >= 11 is 7.41. The molecule has 1 heterocycles. The molecule has 0 fully saturated rings. The van der Waals surface area contributed by atoms with Crippen molar-refractivity contribution >= 4 is 58.5 Å². The average Bonchev–Trinajstić information content (AvgIpc) is 3.44. The molecule has 0 saturated heterocycles. The van der Waals surface area contributed by atoms with E-state index >= 15 is 0 Å². The predicted molar refractivity (Wildman–Crippen MR) is 156 cm³/mol. The Hall–Kier alpha value is -4.27. The maximum Gasteiger partial charge on any atom is 0.272 e. The first-order valence-electron chi connectivity index (χ1n) is 12.0. The molecule has 4 rings (SSSR count). The first-order chi connectivity index (χ1) is 18.8. The molecule has 7 nitrogen and oxygen atoms in total. The normalized spacial score (nSPS) is 11.9. The van der Waals surface area contributed by atoms with Crippen LogP contribution >= 0.6 is 23.4 Å². The molecule has 3 amide bonds. The minimum Gasteiger partial charge on any atom is -0.465 e. The second-order valence-corrected chi connectivity index (χ2v) is 10.4. The van der Waals surface area contributed by atoms with E-state index in [1.165, 1.54) is 24.1 Å². The lowest BCUT2D eigenvalue weighted by molar-refractivity contribution is -0.115. The highest BCUT2D eigenvalue weighted by molar-refractivity contribution is 8.00. The van der Waals surface area contributed by atoms with Crippen LogP contribution in [0.1, 0.15) is 28.6 Å². The zero-order valence-corrected chi connectivity index (χ0v) is 22.8. The van der Waals surface area contributed by atoms with Crippen molar-refractivity contribution in [1.29, 1.82) is 0 Å². The number of nitrogens with one attached hydrogen (secondary N) is 3. The van der Waals surface area contributed by atoms with Crippen LogP contribution in [0.5, 0.6) is 0 Å². The van der Waals surface area contributed by atoms with Crippen LogP contribution in [0.3, 0.4) is 0 Å². The number of benzene rings is 3. The molecule has 1 aromatic heterocycles. The van der Waals surface area contributed by atoms with Gasteiger partial charge in [-0.15, -0.1) is 11.8 Å². The number of hydrogen-bond donors (Lipinski definition) is 3. The molecule has 0 aliphatic heterocycles. The summed E-state index contributed by atoms with van der Waals surface area (Å²) in [5.74, 6) is -0.720. The lowest BCUT2D eigenvalue weighted by Crippen LogP contribution is -2.30. The second kappa shape index (κ2) is 13.0. The van der Waals surface area contributed by atoms with E-state index in [-0.39, 0.29) is 11.6 Å². The summed E-state index contributed by atoms with van der Waals surface area (Å²) in [6.45, 7) is 3.70. The number of rotatable bonds is 9. The molecule has 3 aromatic carbocycles. The van der Waals surface area contributed by atoms with E-state index in [2.05, 4.69) is 16.0 Å². The molecule has 198 valence electrons. The maximum atomic E-state index is 13.2. The Bertz CT molecular complexity index is 1500. The van der Waals surface area contributed by atoms with Gasteiger partial charge in [0.2, 0.25) is 5.91 Å². The zero-order valence-electron chi connectivity index (χ0n) is 21.2. The van der Waals surface area contributed by atoms with E-state index in [1.54, 1.807) is 79.7 Å². The number of hydrogen-bond acceptors (Lipinski definition) is 5. The molecule has 9 heteroatoms. The zero-order chi connectivity index (χ0) is 27.8. The quantitative estimate of drug-likeness (QED) is 0.155. The molecular formula is C30H26ClN3O4S. The molecule has 1 atom stereocenters. The fourth-order valence-corrected chi connectivity index (χ4v) is 4.62. The Balaban J connectivity index is 1.45. The summed E-state index contributed by atoms with van der Waals surface area (Å²) in [7, 11) is 0. The third-order valence-corrected chi connectivity index (χ3v) is 6.92. The van der Waals surface area contributed by atoms with Gasteiger partial charge in [0.1, 0.15) is 11.5 Å². The summed E-state index contributed by atoms with van der Waals surface area (Å²) in [5.41, 5.74) is 2.50. The molecule has 1 unspecified atom stereocenters. The fourth-order valence-electron chi connectivity index (χ4n) is 3.52. The molecule has 0 radical (unpaired) electrons. The van der Waals surface area contributed by atoms with Gasteiger partial charge in [-0.05, 0) is 74.0 Å². The van der Waals surface area contributed by atoms with Gasteiger partial charge in [0.15, 0.2) is 0 Å². The Morgan fingerprint density at radius 3 is 2.46 bits per heavy atom. The minimum absolute atomic E-state index is 0.0153. The van der Waals surface area contributed by atoms with Gasteiger partial charge in [0.05, 0.1) is 11.5 Å². The number of carbonyl (C=O) groups excluding carboxylic acids is 3. The van der Waals surface area contributed by atoms with Crippen molar-refractivity contribution < 1.29 is 18.8 Å². The molecule has 3 N–H and O–H groups in total. The second-order valence-electron chi connectivity index (χ2n) is 8.58. The van der Waals surface area contributed by atoms with Gasteiger partial charge < -0.3 is 20.4 Å². The SMILES string of the molecule is Cc1ccc(Cl)cc1NC(=O)C(C)Sc1cccc(NC(=O)/C(=C/c2ccco2)NC(=O)c2ccccc2)c1. The number of amides is 3. The Morgan fingerprint density at radius 1 is 0.923 bits per heavy atom. The lowest BCUT2D eigenvalue weighted by Gasteiger charge is -2.15. The van der Waals surface area contributed by atoms with E-state index in [0.29, 0.717) is 27.7 Å². The highest BCUT2D eigenvalue weighted by Crippen LogP contribution is 2.28. The van der Waals surface area contributed by atoms with Crippen LogP contribution in [0.15, 0.2) is 106 Å². The van der Waals surface area contributed by atoms with Crippen molar-refractivity contribution in [2.75, 3.05) is 10.6 Å². The standard InChI is InChI=1S/C30H26ClN3O4S/c1-19-13-14-22(31)16-26(19)33-28(35)20(2)39-25-12-6-10-23(17-25)32-30(37)27(18-24-11-7-15-38-24)34-29(36)21-8-4-3-5-9-21/h3-18,20H,1-2H3,(H,32,37)(H,33,35)(H,34,36)/b27-18-. The van der Waals surface area contributed by atoms with Crippen LogP contribution in [-0.2, 0) is 9.59 Å². The third-order valence-electron chi connectivity index (χ3n) is 5.59. The third kappa shape index (κ3) is 7.86. The topological polar surface area (TPSA) is 100 Å². The van der Waals surface area contributed by atoms with Crippen LogP contribution in [0.4, 0.5) is 11.4 Å². The van der Waals surface area contributed by atoms with Crippen molar-refractivity contribution in [2.45, 2.75) is 24.0 Å². The van der Waals surface area contributed by atoms with Gasteiger partial charge in [0, 0.05) is 32.9 Å².